The molecule has 0 N–H and O–H groups in total. The zero-order valence-electron chi connectivity index (χ0n) is 16.2. The minimum absolute atomic E-state index is 0.729. The van der Waals surface area contributed by atoms with Crippen LogP contribution in [-0.4, -0.2) is 37.6 Å². The van der Waals surface area contributed by atoms with Gasteiger partial charge in [-0.05, 0) is 41.5 Å². The highest BCUT2D eigenvalue weighted by Gasteiger charge is 2.30. The van der Waals surface area contributed by atoms with Gasteiger partial charge in [-0.3, -0.25) is 0 Å². The second kappa shape index (κ2) is 8.17. The van der Waals surface area contributed by atoms with E-state index in [0.717, 1.165) is 48.0 Å². The number of hydrogen-bond donors (Lipinski definition) is 0. The SMILES string of the molecule is COc1cc2c(cc1OC)C(c1ccco1)=[N+](CC=Cc1ccccc1)CC2. The van der Waals surface area contributed by atoms with Gasteiger partial charge < -0.3 is 13.9 Å². The molecule has 1 aliphatic rings. The van der Waals surface area contributed by atoms with Gasteiger partial charge in [0.05, 0.1) is 26.0 Å². The molecule has 0 saturated carbocycles. The van der Waals surface area contributed by atoms with Crippen LogP contribution in [0.3, 0.4) is 0 Å². The van der Waals surface area contributed by atoms with Crippen molar-refractivity contribution >= 4 is 11.8 Å². The molecule has 0 bridgehead atoms. The smallest absolute Gasteiger partial charge is 0.250 e. The lowest BCUT2D eigenvalue weighted by atomic mass is 9.94. The summed E-state index contributed by atoms with van der Waals surface area (Å²) in [4.78, 5) is 0. The molecule has 4 rings (SSSR count). The Morgan fingerprint density at radius 1 is 1.00 bits per heavy atom. The molecule has 0 fully saturated rings. The maximum Gasteiger partial charge on any atom is 0.250 e. The molecule has 0 saturated heterocycles. The molecule has 0 unspecified atom stereocenters. The van der Waals surface area contributed by atoms with Crippen LogP contribution in [-0.2, 0) is 6.42 Å². The van der Waals surface area contributed by atoms with Crippen molar-refractivity contribution in [2.45, 2.75) is 6.42 Å². The Morgan fingerprint density at radius 2 is 1.79 bits per heavy atom. The molecular formula is C24H24NO3+. The maximum absolute atomic E-state index is 5.78. The van der Waals surface area contributed by atoms with E-state index in [1.165, 1.54) is 11.1 Å². The molecule has 4 nitrogen and oxygen atoms in total. The normalized spacial score (nSPS) is 13.6. The van der Waals surface area contributed by atoms with Gasteiger partial charge in [-0.2, -0.15) is 0 Å². The van der Waals surface area contributed by atoms with E-state index >= 15 is 0 Å². The molecule has 2 heterocycles. The molecular weight excluding hydrogens is 350 g/mol. The maximum atomic E-state index is 5.78. The second-order valence-electron chi connectivity index (χ2n) is 6.70. The summed E-state index contributed by atoms with van der Waals surface area (Å²) < 4.78 is 19.2. The summed E-state index contributed by atoms with van der Waals surface area (Å²) >= 11 is 0. The molecule has 4 heteroatoms. The van der Waals surface area contributed by atoms with Gasteiger partial charge in [0.1, 0.15) is 6.54 Å². The minimum atomic E-state index is 0.729. The molecule has 0 aliphatic carbocycles. The topological polar surface area (TPSA) is 34.6 Å². The Morgan fingerprint density at radius 3 is 2.50 bits per heavy atom. The molecule has 142 valence electrons. The monoisotopic (exact) mass is 374 g/mol. The minimum Gasteiger partial charge on any atom is -0.493 e. The molecule has 1 aliphatic heterocycles. The van der Waals surface area contributed by atoms with Gasteiger partial charge in [0, 0.05) is 6.42 Å². The second-order valence-corrected chi connectivity index (χ2v) is 6.70. The van der Waals surface area contributed by atoms with Crippen LogP contribution >= 0.6 is 0 Å². The molecule has 0 spiro atoms. The summed E-state index contributed by atoms with van der Waals surface area (Å²) in [6.07, 6.45) is 7.02. The Balaban J connectivity index is 1.75. The molecule has 3 aromatic rings. The standard InChI is InChI=1S/C24H24NO3/c1-26-22-16-19-12-14-25(13-6-10-18-8-4-3-5-9-18)24(21-11-7-15-28-21)20(19)17-23(22)27-2/h3-11,15-17H,12-14H2,1-2H3/q+1. The third kappa shape index (κ3) is 3.58. The van der Waals surface area contributed by atoms with Crippen LogP contribution in [0, 0.1) is 0 Å². The highest BCUT2D eigenvalue weighted by molar-refractivity contribution is 6.09. The number of furan rings is 1. The fourth-order valence-corrected chi connectivity index (χ4v) is 3.65. The number of benzene rings is 2. The predicted molar refractivity (Wildman–Crippen MR) is 111 cm³/mol. The summed E-state index contributed by atoms with van der Waals surface area (Å²) in [5.74, 6) is 2.35. The fraction of sp³-hybridized carbons (Fsp3) is 0.208. The average molecular weight is 374 g/mol. The van der Waals surface area contributed by atoms with Crippen LogP contribution in [0.4, 0.5) is 0 Å². The van der Waals surface area contributed by atoms with Gasteiger partial charge in [-0.15, -0.1) is 0 Å². The molecule has 0 atom stereocenters. The largest absolute Gasteiger partial charge is 0.493 e. The number of hydrogen-bond acceptors (Lipinski definition) is 3. The van der Waals surface area contributed by atoms with Crippen molar-refractivity contribution in [1.82, 2.24) is 0 Å². The number of fused-ring (bicyclic) bond motifs is 1. The summed E-state index contributed by atoms with van der Waals surface area (Å²) in [6.45, 7) is 1.72. The van der Waals surface area contributed by atoms with Gasteiger partial charge in [-0.25, -0.2) is 4.58 Å². The van der Waals surface area contributed by atoms with E-state index in [4.69, 9.17) is 13.9 Å². The van der Waals surface area contributed by atoms with Gasteiger partial charge in [0.25, 0.3) is 5.71 Å². The van der Waals surface area contributed by atoms with Crippen molar-refractivity contribution in [1.29, 1.82) is 0 Å². The van der Waals surface area contributed by atoms with Crippen molar-refractivity contribution < 1.29 is 18.5 Å². The molecule has 28 heavy (non-hydrogen) atoms. The van der Waals surface area contributed by atoms with E-state index in [9.17, 15) is 0 Å². The summed E-state index contributed by atoms with van der Waals surface area (Å²) in [5.41, 5.74) is 4.66. The Bertz CT molecular complexity index is 1000. The fourth-order valence-electron chi connectivity index (χ4n) is 3.65. The van der Waals surface area contributed by atoms with E-state index in [1.807, 2.05) is 18.2 Å². The number of rotatable bonds is 6. The van der Waals surface area contributed by atoms with Crippen LogP contribution in [0.5, 0.6) is 11.5 Å². The van der Waals surface area contributed by atoms with Crippen LogP contribution < -0.4 is 9.47 Å². The molecule has 1 aromatic heterocycles. The van der Waals surface area contributed by atoms with Crippen LogP contribution in [0.15, 0.2) is 71.4 Å². The van der Waals surface area contributed by atoms with Crippen molar-refractivity contribution in [2.75, 3.05) is 27.3 Å². The number of methoxy groups -OCH3 is 2. The predicted octanol–water partition coefficient (Wildman–Crippen LogP) is 4.42. The average Bonchev–Trinajstić information content (AvgIpc) is 3.27. The van der Waals surface area contributed by atoms with Gasteiger partial charge in [-0.1, -0.05) is 36.4 Å². The first-order chi connectivity index (χ1) is 13.8. The first-order valence-corrected chi connectivity index (χ1v) is 9.43. The Labute approximate surface area is 165 Å². The molecule has 0 radical (unpaired) electrons. The quantitative estimate of drug-likeness (QED) is 0.599. The third-order valence-corrected chi connectivity index (χ3v) is 5.02. The van der Waals surface area contributed by atoms with Crippen molar-refractivity contribution in [3.05, 3.63) is 89.4 Å². The highest BCUT2D eigenvalue weighted by atomic mass is 16.5. The summed E-state index contributed by atoms with van der Waals surface area (Å²) in [7, 11) is 3.34. The van der Waals surface area contributed by atoms with Gasteiger partial charge in [0.2, 0.25) is 0 Å². The van der Waals surface area contributed by atoms with Crippen LogP contribution in [0.2, 0.25) is 0 Å². The van der Waals surface area contributed by atoms with Crippen molar-refractivity contribution in [3.63, 3.8) is 0 Å². The number of ether oxygens (including phenoxy) is 2. The lowest BCUT2D eigenvalue weighted by molar-refractivity contribution is -0.518. The Hall–Kier alpha value is -3.27. The lowest BCUT2D eigenvalue weighted by Gasteiger charge is -2.19. The van der Waals surface area contributed by atoms with E-state index in [0.29, 0.717) is 0 Å². The molecule has 0 amide bonds. The highest BCUT2D eigenvalue weighted by Crippen LogP contribution is 2.33. The molecule has 2 aromatic carbocycles. The van der Waals surface area contributed by atoms with E-state index in [1.54, 1.807) is 20.5 Å². The zero-order chi connectivity index (χ0) is 19.3. The van der Waals surface area contributed by atoms with Crippen molar-refractivity contribution in [3.8, 4) is 11.5 Å². The van der Waals surface area contributed by atoms with Gasteiger partial charge >= 0.3 is 0 Å². The Kier molecular flexibility index (Phi) is 5.29. The zero-order valence-corrected chi connectivity index (χ0v) is 16.2. The third-order valence-electron chi connectivity index (χ3n) is 5.02. The van der Waals surface area contributed by atoms with Crippen LogP contribution in [0.1, 0.15) is 22.5 Å². The van der Waals surface area contributed by atoms with Crippen LogP contribution in [0.25, 0.3) is 6.08 Å². The van der Waals surface area contributed by atoms with E-state index < -0.39 is 0 Å². The summed E-state index contributed by atoms with van der Waals surface area (Å²) in [6, 6.07) is 18.4. The van der Waals surface area contributed by atoms with E-state index in [2.05, 4.69) is 53.1 Å². The van der Waals surface area contributed by atoms with Crippen molar-refractivity contribution in [2.24, 2.45) is 0 Å². The summed E-state index contributed by atoms with van der Waals surface area (Å²) in [5, 5.41) is 0. The van der Waals surface area contributed by atoms with Gasteiger partial charge in [0.15, 0.2) is 23.8 Å². The number of nitrogens with zero attached hydrogens (tertiary/aromatic N) is 1. The van der Waals surface area contributed by atoms with E-state index in [-0.39, 0.29) is 0 Å². The lowest BCUT2D eigenvalue weighted by Crippen LogP contribution is -2.31. The first-order valence-electron chi connectivity index (χ1n) is 9.43. The first kappa shape index (κ1) is 18.1.